The van der Waals surface area contributed by atoms with Gasteiger partial charge in [-0.25, -0.2) is 0 Å². The molecule has 0 radical (unpaired) electrons. The van der Waals surface area contributed by atoms with Crippen molar-refractivity contribution in [3.05, 3.63) is 36.5 Å². The molecule has 0 saturated heterocycles. The van der Waals surface area contributed by atoms with Gasteiger partial charge in [0.2, 0.25) is 0 Å². The fourth-order valence-corrected chi connectivity index (χ4v) is 7.56. The summed E-state index contributed by atoms with van der Waals surface area (Å²) in [6, 6.07) is 0. The molecule has 0 aromatic heterocycles. The highest BCUT2D eigenvalue weighted by Crippen LogP contribution is 2.16. The Kier molecular flexibility index (Phi) is 48.9. The highest BCUT2D eigenvalue weighted by atomic mass is 16.6. The molecule has 0 rings (SSSR count). The topological polar surface area (TPSA) is 61.8 Å². The van der Waals surface area contributed by atoms with E-state index in [1.54, 1.807) is 0 Å². The zero-order chi connectivity index (χ0) is 42.8. The molecule has 0 spiro atoms. The van der Waals surface area contributed by atoms with Crippen LogP contribution in [0.3, 0.4) is 0 Å². The maximum absolute atomic E-state index is 12.6. The zero-order valence-corrected chi connectivity index (χ0v) is 39.8. The van der Waals surface area contributed by atoms with Crippen LogP contribution in [0.15, 0.2) is 36.5 Å². The second kappa shape index (κ2) is 50.5. The summed E-state index contributed by atoms with van der Waals surface area (Å²) in [5.74, 6) is -0.341. The van der Waals surface area contributed by atoms with Crippen LogP contribution in [0, 0.1) is 0 Å². The maximum Gasteiger partial charge on any atom is 0.305 e. The number of esters is 2. The number of rotatable bonds is 48. The van der Waals surface area contributed by atoms with Crippen molar-refractivity contribution in [2.45, 2.75) is 277 Å². The Labute approximate surface area is 368 Å². The van der Waals surface area contributed by atoms with E-state index in [2.05, 4.69) is 57.2 Å². The first-order valence-corrected chi connectivity index (χ1v) is 26.0. The van der Waals surface area contributed by atoms with Crippen molar-refractivity contribution in [3.8, 4) is 0 Å². The van der Waals surface area contributed by atoms with Crippen molar-refractivity contribution in [1.29, 1.82) is 0 Å². The molecular formula is C54H100O5. The molecule has 0 heterocycles. The molecule has 0 unspecified atom stereocenters. The van der Waals surface area contributed by atoms with Gasteiger partial charge in [-0.3, -0.25) is 9.59 Å². The zero-order valence-electron chi connectivity index (χ0n) is 39.8. The van der Waals surface area contributed by atoms with E-state index < -0.39 is 6.10 Å². The molecule has 0 aliphatic heterocycles. The predicted octanol–water partition coefficient (Wildman–Crippen LogP) is 17.4. The van der Waals surface area contributed by atoms with Gasteiger partial charge in [0.25, 0.3) is 0 Å². The lowest BCUT2D eigenvalue weighted by Crippen LogP contribution is -2.29. The molecule has 0 amide bonds. The van der Waals surface area contributed by atoms with Crippen molar-refractivity contribution in [1.82, 2.24) is 0 Å². The Morgan fingerprint density at radius 3 is 1.08 bits per heavy atom. The number of allylic oxidation sites excluding steroid dienone is 6. The van der Waals surface area contributed by atoms with Gasteiger partial charge in [-0.15, -0.1) is 0 Å². The lowest BCUT2D eigenvalue weighted by molar-refractivity contribution is -0.155. The first-order chi connectivity index (χ1) is 29.1. The van der Waals surface area contributed by atoms with Crippen molar-refractivity contribution in [2.24, 2.45) is 0 Å². The normalized spacial score (nSPS) is 12.4. The van der Waals surface area contributed by atoms with Gasteiger partial charge in [0.15, 0.2) is 0 Å². The van der Waals surface area contributed by atoms with Gasteiger partial charge in [0.1, 0.15) is 19.3 Å². The summed E-state index contributed by atoms with van der Waals surface area (Å²) in [7, 11) is 0. The van der Waals surface area contributed by atoms with E-state index in [4.69, 9.17) is 14.2 Å². The largest absolute Gasteiger partial charge is 0.463 e. The SMILES string of the molecule is CC/C=C\C/C=C\C/C=C\CCCCCCCC(=O)OC[C@H](COC(=O)CCCCCCCCCCCCCC)OCCCCCCCCCCCCCCCCCC. The van der Waals surface area contributed by atoms with E-state index in [-0.39, 0.29) is 25.2 Å². The Morgan fingerprint density at radius 1 is 0.373 bits per heavy atom. The quantitative estimate of drug-likeness (QED) is 0.0347. The number of ether oxygens (including phenoxy) is 3. The van der Waals surface area contributed by atoms with E-state index in [1.165, 1.54) is 167 Å². The lowest BCUT2D eigenvalue weighted by atomic mass is 10.0. The first-order valence-electron chi connectivity index (χ1n) is 26.0. The molecule has 0 fully saturated rings. The second-order valence-corrected chi connectivity index (χ2v) is 17.4. The Hall–Kier alpha value is -1.88. The monoisotopic (exact) mass is 829 g/mol. The molecule has 0 aliphatic carbocycles. The highest BCUT2D eigenvalue weighted by molar-refractivity contribution is 5.69. The van der Waals surface area contributed by atoms with Gasteiger partial charge in [0.05, 0.1) is 0 Å². The van der Waals surface area contributed by atoms with Crippen LogP contribution in [0.5, 0.6) is 0 Å². The molecular weight excluding hydrogens is 729 g/mol. The van der Waals surface area contributed by atoms with Crippen LogP contribution >= 0.6 is 0 Å². The Morgan fingerprint density at radius 2 is 0.695 bits per heavy atom. The van der Waals surface area contributed by atoms with Gasteiger partial charge in [-0.1, -0.05) is 243 Å². The van der Waals surface area contributed by atoms with Crippen LogP contribution in [0.2, 0.25) is 0 Å². The molecule has 0 N–H and O–H groups in total. The van der Waals surface area contributed by atoms with Crippen LogP contribution in [0.1, 0.15) is 271 Å². The minimum Gasteiger partial charge on any atom is -0.463 e. The summed E-state index contributed by atoms with van der Waals surface area (Å²) in [5.41, 5.74) is 0. The molecule has 0 aliphatic rings. The molecule has 5 nitrogen and oxygen atoms in total. The summed E-state index contributed by atoms with van der Waals surface area (Å²) in [5, 5.41) is 0. The average molecular weight is 829 g/mol. The van der Waals surface area contributed by atoms with Crippen LogP contribution in [-0.4, -0.2) is 37.9 Å². The third-order valence-electron chi connectivity index (χ3n) is 11.5. The molecule has 346 valence electrons. The summed E-state index contributed by atoms with van der Waals surface area (Å²) in [6.45, 7) is 7.64. The van der Waals surface area contributed by atoms with Crippen molar-refractivity contribution < 1.29 is 23.8 Å². The van der Waals surface area contributed by atoms with Crippen LogP contribution in [-0.2, 0) is 23.8 Å². The molecule has 0 aromatic carbocycles. The lowest BCUT2D eigenvalue weighted by Gasteiger charge is -2.18. The minimum atomic E-state index is -0.400. The fourth-order valence-electron chi connectivity index (χ4n) is 7.56. The van der Waals surface area contributed by atoms with E-state index in [9.17, 15) is 9.59 Å². The molecule has 0 aromatic rings. The van der Waals surface area contributed by atoms with Crippen molar-refractivity contribution in [2.75, 3.05) is 19.8 Å². The summed E-state index contributed by atoms with van der Waals surface area (Å²) < 4.78 is 17.4. The Bertz CT molecular complexity index is 939. The van der Waals surface area contributed by atoms with Gasteiger partial charge in [-0.2, -0.15) is 0 Å². The number of hydrogen-bond donors (Lipinski definition) is 0. The fraction of sp³-hybridized carbons (Fsp3) is 0.852. The third-order valence-corrected chi connectivity index (χ3v) is 11.5. The van der Waals surface area contributed by atoms with E-state index in [0.717, 1.165) is 70.6 Å². The molecule has 1 atom stereocenters. The minimum absolute atomic E-state index is 0.153. The van der Waals surface area contributed by atoms with Crippen LogP contribution < -0.4 is 0 Å². The average Bonchev–Trinajstić information content (AvgIpc) is 3.24. The van der Waals surface area contributed by atoms with E-state index >= 15 is 0 Å². The number of carbonyl (C=O) groups excluding carboxylic acids is 2. The molecule has 0 bridgehead atoms. The second-order valence-electron chi connectivity index (χ2n) is 17.4. The number of hydrogen-bond acceptors (Lipinski definition) is 5. The van der Waals surface area contributed by atoms with Crippen molar-refractivity contribution >= 4 is 11.9 Å². The van der Waals surface area contributed by atoms with E-state index in [1.807, 2.05) is 0 Å². The standard InChI is InChI=1S/C54H100O5/c1-4-7-10-13-16-19-22-25-27-29-31-34-37-40-43-46-49-57-52(50-58-53(55)47-44-41-38-35-32-24-21-18-15-12-9-6-3)51-59-54(56)48-45-42-39-36-33-30-28-26-23-20-17-14-11-8-5-2/h8,11,17,20,26,28,52H,4-7,9-10,12-16,18-19,21-25,27,29-51H2,1-3H3/b11-8-,20-17-,28-26-/t52-/m0/s1. The molecule has 59 heavy (non-hydrogen) atoms. The van der Waals surface area contributed by atoms with Crippen LogP contribution in [0.25, 0.3) is 0 Å². The number of carbonyl (C=O) groups is 2. The van der Waals surface area contributed by atoms with Crippen molar-refractivity contribution in [3.63, 3.8) is 0 Å². The first kappa shape index (κ1) is 57.1. The predicted molar refractivity (Wildman–Crippen MR) is 256 cm³/mol. The van der Waals surface area contributed by atoms with Gasteiger partial charge in [-0.05, 0) is 51.4 Å². The summed E-state index contributed by atoms with van der Waals surface area (Å²) in [6.07, 6.45) is 60.3. The molecule has 0 saturated carbocycles. The summed E-state index contributed by atoms with van der Waals surface area (Å²) >= 11 is 0. The van der Waals surface area contributed by atoms with Crippen LogP contribution in [0.4, 0.5) is 0 Å². The smallest absolute Gasteiger partial charge is 0.305 e. The summed E-state index contributed by atoms with van der Waals surface area (Å²) in [4.78, 5) is 25.2. The van der Waals surface area contributed by atoms with Gasteiger partial charge >= 0.3 is 11.9 Å². The third kappa shape index (κ3) is 48.7. The maximum atomic E-state index is 12.6. The van der Waals surface area contributed by atoms with Gasteiger partial charge < -0.3 is 14.2 Å². The Balaban J connectivity index is 4.24. The molecule has 5 heteroatoms. The highest BCUT2D eigenvalue weighted by Gasteiger charge is 2.16. The van der Waals surface area contributed by atoms with Gasteiger partial charge in [0, 0.05) is 19.4 Å². The van der Waals surface area contributed by atoms with E-state index in [0.29, 0.717) is 19.4 Å². The number of unbranched alkanes of at least 4 members (excludes halogenated alkanes) is 31.